The normalized spacial score (nSPS) is 10.8. The molecule has 20 heavy (non-hydrogen) atoms. The number of hydrogen-bond donors (Lipinski definition) is 1. The summed E-state index contributed by atoms with van der Waals surface area (Å²) in [6, 6.07) is 20.3. The molecule has 1 heteroatoms. The lowest BCUT2D eigenvalue weighted by Gasteiger charge is -2.16. The molecule has 0 aromatic heterocycles. The van der Waals surface area contributed by atoms with E-state index in [2.05, 4.69) is 30.0 Å². The van der Waals surface area contributed by atoms with Gasteiger partial charge in [0.25, 0.3) is 0 Å². The predicted octanol–water partition coefficient (Wildman–Crippen LogP) is 4.43. The van der Waals surface area contributed by atoms with Gasteiger partial charge in [0, 0.05) is 11.1 Å². The summed E-state index contributed by atoms with van der Waals surface area (Å²) in [5.41, 5.74) is 6.53. The van der Waals surface area contributed by atoms with Crippen molar-refractivity contribution in [3.63, 3.8) is 0 Å². The third-order valence-corrected chi connectivity index (χ3v) is 3.36. The van der Waals surface area contributed by atoms with Gasteiger partial charge in [-0.05, 0) is 31.9 Å². The molecule has 0 saturated carbocycles. The van der Waals surface area contributed by atoms with Gasteiger partial charge in [-0.15, -0.1) is 5.73 Å². The van der Waals surface area contributed by atoms with Crippen LogP contribution < -0.4 is 0 Å². The van der Waals surface area contributed by atoms with Crippen LogP contribution in [0.3, 0.4) is 0 Å². The highest BCUT2D eigenvalue weighted by Crippen LogP contribution is 2.24. The van der Waals surface area contributed by atoms with Gasteiger partial charge in [0.05, 0.1) is 5.60 Å². The third-order valence-electron chi connectivity index (χ3n) is 3.36. The van der Waals surface area contributed by atoms with E-state index in [9.17, 15) is 5.11 Å². The van der Waals surface area contributed by atoms with E-state index in [1.165, 1.54) is 0 Å². The fraction of sp³-hybridized carbons (Fsp3) is 0.211. The molecule has 1 N–H and O–H groups in total. The average Bonchev–Trinajstić information content (AvgIpc) is 2.45. The van der Waals surface area contributed by atoms with E-state index in [1.54, 1.807) is 13.8 Å². The largest absolute Gasteiger partial charge is 0.385 e. The zero-order chi connectivity index (χ0) is 14.6. The van der Waals surface area contributed by atoms with E-state index in [0.717, 1.165) is 22.3 Å². The summed E-state index contributed by atoms with van der Waals surface area (Å²) < 4.78 is 0. The molecule has 1 nitrogen and oxygen atoms in total. The molecule has 102 valence electrons. The lowest BCUT2D eigenvalue weighted by Crippen LogP contribution is -2.19. The zero-order valence-corrected chi connectivity index (χ0v) is 12.2. The van der Waals surface area contributed by atoms with E-state index in [1.807, 2.05) is 43.3 Å². The molecule has 2 aromatic rings. The summed E-state index contributed by atoms with van der Waals surface area (Å²) in [5.74, 6) is 0. The van der Waals surface area contributed by atoms with Gasteiger partial charge >= 0.3 is 0 Å². The van der Waals surface area contributed by atoms with Crippen LogP contribution in [0.2, 0.25) is 0 Å². The van der Waals surface area contributed by atoms with E-state index >= 15 is 0 Å². The van der Waals surface area contributed by atoms with Crippen LogP contribution in [0, 0.1) is 0 Å². The number of rotatable bonds is 3. The van der Waals surface area contributed by atoms with Crippen LogP contribution >= 0.6 is 0 Å². The van der Waals surface area contributed by atoms with Crippen LogP contribution in [0.4, 0.5) is 0 Å². The van der Waals surface area contributed by atoms with E-state index < -0.39 is 5.60 Å². The van der Waals surface area contributed by atoms with Crippen molar-refractivity contribution < 1.29 is 5.11 Å². The molecular formula is C19H20O. The van der Waals surface area contributed by atoms with E-state index in [-0.39, 0.29) is 0 Å². The summed E-state index contributed by atoms with van der Waals surface area (Å²) in [6.45, 7) is 5.47. The molecule has 0 heterocycles. The molecule has 0 aliphatic rings. The van der Waals surface area contributed by atoms with Crippen molar-refractivity contribution in [1.82, 2.24) is 0 Å². The van der Waals surface area contributed by atoms with Gasteiger partial charge < -0.3 is 5.11 Å². The molecule has 0 bridgehead atoms. The van der Waals surface area contributed by atoms with Crippen LogP contribution in [0.25, 0.3) is 5.57 Å². The topological polar surface area (TPSA) is 20.2 Å². The molecule has 0 unspecified atom stereocenters. The number of aliphatic hydroxyl groups is 1. The fourth-order valence-electron chi connectivity index (χ4n) is 1.86. The molecule has 0 amide bonds. The van der Waals surface area contributed by atoms with Crippen molar-refractivity contribution in [2.24, 2.45) is 0 Å². The molecule has 0 aliphatic heterocycles. The Morgan fingerprint density at radius 1 is 0.850 bits per heavy atom. The summed E-state index contributed by atoms with van der Waals surface area (Å²) in [5, 5.41) is 10.1. The highest BCUT2D eigenvalue weighted by atomic mass is 16.3. The summed E-state index contributed by atoms with van der Waals surface area (Å²) >= 11 is 0. The first kappa shape index (κ1) is 14.3. The highest BCUT2D eigenvalue weighted by Gasteiger charge is 2.15. The third kappa shape index (κ3) is 3.48. The van der Waals surface area contributed by atoms with Gasteiger partial charge in [-0.1, -0.05) is 60.7 Å². The van der Waals surface area contributed by atoms with Crippen LogP contribution in [0.5, 0.6) is 0 Å². The minimum atomic E-state index is -0.866. The van der Waals surface area contributed by atoms with Crippen LogP contribution in [-0.2, 0) is 0 Å². The van der Waals surface area contributed by atoms with E-state index in [4.69, 9.17) is 0 Å². The quantitative estimate of drug-likeness (QED) is 0.813. The van der Waals surface area contributed by atoms with Crippen molar-refractivity contribution in [2.75, 3.05) is 0 Å². The number of benzene rings is 2. The second-order valence-corrected chi connectivity index (χ2v) is 5.42. The molecule has 0 atom stereocenters. The summed E-state index contributed by atoms with van der Waals surface area (Å²) in [7, 11) is 0. The molecule has 0 fully saturated rings. The Bertz CT molecular complexity index is 583. The summed E-state index contributed by atoms with van der Waals surface area (Å²) in [4.78, 5) is 0. The molecule has 2 rings (SSSR count). The lowest BCUT2D eigenvalue weighted by atomic mass is 9.94. The maximum atomic E-state index is 10.1. The minimum Gasteiger partial charge on any atom is -0.385 e. The first-order valence-corrected chi connectivity index (χ1v) is 6.79. The zero-order valence-electron chi connectivity index (χ0n) is 12.2. The van der Waals surface area contributed by atoms with Crippen molar-refractivity contribution in [2.45, 2.75) is 26.4 Å². The Morgan fingerprint density at radius 3 is 1.60 bits per heavy atom. The van der Waals surface area contributed by atoms with Crippen LogP contribution in [-0.4, -0.2) is 10.7 Å². The first-order chi connectivity index (χ1) is 9.48. The van der Waals surface area contributed by atoms with Gasteiger partial charge in [0.15, 0.2) is 0 Å². The standard InChI is InChI=1S/C19H20O/c1-15(19(2,3)20)14-18(16-10-6-4-7-11-16)17-12-8-5-9-13-17/h4-13,20H,1-3H3. The lowest BCUT2D eigenvalue weighted by molar-refractivity contribution is 0.120. The molecule has 0 spiro atoms. The van der Waals surface area contributed by atoms with Gasteiger partial charge in [0.2, 0.25) is 0 Å². The highest BCUT2D eigenvalue weighted by molar-refractivity contribution is 5.79. The Morgan fingerprint density at radius 2 is 1.25 bits per heavy atom. The summed E-state index contributed by atoms with van der Waals surface area (Å²) in [6.07, 6.45) is 0. The second kappa shape index (κ2) is 5.92. The monoisotopic (exact) mass is 264 g/mol. The Hall–Kier alpha value is -2.08. The van der Waals surface area contributed by atoms with Gasteiger partial charge in [-0.3, -0.25) is 0 Å². The van der Waals surface area contributed by atoms with Crippen molar-refractivity contribution in [3.8, 4) is 0 Å². The maximum Gasteiger partial charge on any atom is 0.0871 e. The van der Waals surface area contributed by atoms with E-state index in [0.29, 0.717) is 0 Å². The molecule has 0 aliphatic carbocycles. The number of hydrogen-bond acceptors (Lipinski definition) is 1. The smallest absolute Gasteiger partial charge is 0.0871 e. The predicted molar refractivity (Wildman–Crippen MR) is 84.4 cm³/mol. The molecule has 2 aromatic carbocycles. The molecule has 0 saturated heterocycles. The minimum absolute atomic E-state index is 0.820. The average molecular weight is 264 g/mol. The van der Waals surface area contributed by atoms with Crippen LogP contribution in [0.1, 0.15) is 31.9 Å². The van der Waals surface area contributed by atoms with Gasteiger partial charge in [-0.2, -0.15) is 0 Å². The van der Waals surface area contributed by atoms with Gasteiger partial charge in [0.1, 0.15) is 0 Å². The first-order valence-electron chi connectivity index (χ1n) is 6.79. The Balaban J connectivity index is 2.67. The van der Waals surface area contributed by atoms with Crippen molar-refractivity contribution in [3.05, 3.63) is 83.1 Å². The SMILES string of the molecule is CC(=C=C(c1ccccc1)c1ccccc1)C(C)(C)O. The van der Waals surface area contributed by atoms with Crippen molar-refractivity contribution in [1.29, 1.82) is 0 Å². The fourth-order valence-corrected chi connectivity index (χ4v) is 1.86. The Kier molecular flexibility index (Phi) is 4.24. The van der Waals surface area contributed by atoms with Gasteiger partial charge in [-0.25, -0.2) is 0 Å². The Labute approximate surface area is 120 Å². The second-order valence-electron chi connectivity index (χ2n) is 5.42. The maximum absolute atomic E-state index is 10.1. The molecule has 0 radical (unpaired) electrons. The molecular weight excluding hydrogens is 244 g/mol. The van der Waals surface area contributed by atoms with Crippen molar-refractivity contribution >= 4 is 5.57 Å². The van der Waals surface area contributed by atoms with Crippen LogP contribution in [0.15, 0.2) is 72.0 Å².